The van der Waals surface area contributed by atoms with Crippen molar-refractivity contribution in [2.45, 2.75) is 19.0 Å². The number of carbonyl (C=O) groups excluding carboxylic acids is 1. The lowest BCUT2D eigenvalue weighted by Crippen LogP contribution is -2.45. The Balaban J connectivity index is 2.26. The molecule has 0 saturated heterocycles. The van der Waals surface area contributed by atoms with Crippen LogP contribution >= 0.6 is 11.6 Å². The summed E-state index contributed by atoms with van der Waals surface area (Å²) in [7, 11) is 0. The molecule has 1 amide bonds. The molecule has 0 radical (unpaired) electrons. The molecule has 0 aliphatic heterocycles. The van der Waals surface area contributed by atoms with Gasteiger partial charge in [0, 0.05) is 13.0 Å². The number of hydrogen-bond donors (Lipinski definition) is 1. The summed E-state index contributed by atoms with van der Waals surface area (Å²) in [4.78, 5) is 25.1. The molecular formula is C18H18ClNO3. The maximum absolute atomic E-state index is 12.2. The van der Waals surface area contributed by atoms with Crippen LogP contribution in [0.2, 0.25) is 0 Å². The first-order valence-electron chi connectivity index (χ1n) is 7.28. The van der Waals surface area contributed by atoms with Gasteiger partial charge in [0.25, 0.3) is 0 Å². The van der Waals surface area contributed by atoms with Gasteiger partial charge in [0.1, 0.15) is 0 Å². The largest absolute Gasteiger partial charge is 0.465 e. The summed E-state index contributed by atoms with van der Waals surface area (Å²) in [6.45, 7) is 0.149. The second kappa shape index (κ2) is 8.34. The third-order valence-corrected chi connectivity index (χ3v) is 3.86. The molecular weight excluding hydrogens is 314 g/mol. The van der Waals surface area contributed by atoms with Crippen molar-refractivity contribution in [1.82, 2.24) is 4.90 Å². The van der Waals surface area contributed by atoms with Crippen LogP contribution in [0.1, 0.15) is 11.1 Å². The Hall–Kier alpha value is -2.33. The normalized spacial score (nSPS) is 11.7. The molecule has 0 aliphatic rings. The number of alkyl halides is 1. The molecule has 0 spiro atoms. The van der Waals surface area contributed by atoms with Crippen molar-refractivity contribution in [2.75, 3.05) is 5.88 Å². The number of benzene rings is 2. The highest BCUT2D eigenvalue weighted by Crippen LogP contribution is 2.15. The molecule has 0 heterocycles. The van der Waals surface area contributed by atoms with Gasteiger partial charge in [-0.2, -0.15) is 0 Å². The zero-order valence-electron chi connectivity index (χ0n) is 12.6. The van der Waals surface area contributed by atoms with Crippen LogP contribution in [0.25, 0.3) is 0 Å². The molecule has 2 aromatic rings. The van der Waals surface area contributed by atoms with E-state index in [2.05, 4.69) is 0 Å². The number of rotatable bonds is 7. The van der Waals surface area contributed by atoms with Gasteiger partial charge >= 0.3 is 6.09 Å². The molecule has 0 aliphatic carbocycles. The summed E-state index contributed by atoms with van der Waals surface area (Å²) < 4.78 is 0. The fourth-order valence-corrected chi connectivity index (χ4v) is 2.59. The van der Waals surface area contributed by atoms with Gasteiger partial charge in [-0.1, -0.05) is 60.7 Å². The van der Waals surface area contributed by atoms with Crippen LogP contribution in [0.15, 0.2) is 60.7 Å². The van der Waals surface area contributed by atoms with E-state index in [4.69, 9.17) is 11.6 Å². The van der Waals surface area contributed by atoms with Crippen molar-refractivity contribution in [3.05, 3.63) is 71.8 Å². The summed E-state index contributed by atoms with van der Waals surface area (Å²) in [5, 5.41) is 9.56. The van der Waals surface area contributed by atoms with E-state index in [-0.39, 0.29) is 18.2 Å². The molecule has 2 aromatic carbocycles. The Kier molecular flexibility index (Phi) is 6.18. The van der Waals surface area contributed by atoms with Crippen LogP contribution in [0.4, 0.5) is 4.79 Å². The van der Waals surface area contributed by atoms with Crippen molar-refractivity contribution in [2.24, 2.45) is 0 Å². The van der Waals surface area contributed by atoms with Gasteiger partial charge < -0.3 is 5.11 Å². The lowest BCUT2D eigenvalue weighted by molar-refractivity contribution is -0.121. The van der Waals surface area contributed by atoms with Gasteiger partial charge in [0.2, 0.25) is 0 Å². The number of halogens is 1. The molecule has 23 heavy (non-hydrogen) atoms. The van der Waals surface area contributed by atoms with Crippen LogP contribution in [-0.4, -0.2) is 33.8 Å². The zero-order valence-corrected chi connectivity index (χ0v) is 13.3. The van der Waals surface area contributed by atoms with Crippen molar-refractivity contribution >= 4 is 23.5 Å². The lowest BCUT2D eigenvalue weighted by Gasteiger charge is -2.28. The number of Topliss-reactive ketones (excluding diaryl/α,β-unsaturated/α-hetero) is 1. The maximum Gasteiger partial charge on any atom is 0.408 e. The molecule has 120 valence electrons. The molecule has 2 rings (SSSR count). The minimum Gasteiger partial charge on any atom is -0.465 e. The van der Waals surface area contributed by atoms with Crippen LogP contribution < -0.4 is 0 Å². The van der Waals surface area contributed by atoms with E-state index in [1.807, 2.05) is 60.7 Å². The third-order valence-electron chi connectivity index (χ3n) is 3.59. The number of amides is 1. The fourth-order valence-electron chi connectivity index (χ4n) is 2.42. The monoisotopic (exact) mass is 331 g/mol. The van der Waals surface area contributed by atoms with Crippen molar-refractivity contribution in [1.29, 1.82) is 0 Å². The minimum atomic E-state index is -1.13. The molecule has 1 atom stereocenters. The highest BCUT2D eigenvalue weighted by molar-refractivity contribution is 6.28. The van der Waals surface area contributed by atoms with Crippen LogP contribution in [0, 0.1) is 0 Å². The number of ketones is 1. The van der Waals surface area contributed by atoms with Gasteiger partial charge in [0.05, 0.1) is 11.9 Å². The number of carboxylic acid groups (broad SMARTS) is 1. The standard InChI is InChI=1S/C18H18ClNO3/c19-12-17(21)16(11-14-7-3-1-4-8-14)20(18(22)23)13-15-9-5-2-6-10-15/h1-10,16H,11-13H2,(H,22,23)/t16-/m1/s1. The smallest absolute Gasteiger partial charge is 0.408 e. The van der Waals surface area contributed by atoms with E-state index in [0.717, 1.165) is 16.0 Å². The van der Waals surface area contributed by atoms with Crippen molar-refractivity contribution in [3.8, 4) is 0 Å². The SMILES string of the molecule is O=C(CCl)[C@@H](Cc1ccccc1)N(Cc1ccccc1)C(=O)O. The minimum absolute atomic E-state index is 0.149. The average Bonchev–Trinajstić information content (AvgIpc) is 2.59. The third kappa shape index (κ3) is 4.83. The number of carbonyl (C=O) groups is 2. The second-order valence-electron chi connectivity index (χ2n) is 5.20. The Morgan fingerprint density at radius 2 is 1.48 bits per heavy atom. The van der Waals surface area contributed by atoms with E-state index < -0.39 is 12.1 Å². The van der Waals surface area contributed by atoms with Gasteiger partial charge in [-0.25, -0.2) is 4.79 Å². The molecule has 0 bridgehead atoms. The Morgan fingerprint density at radius 3 is 1.96 bits per heavy atom. The van der Waals surface area contributed by atoms with E-state index >= 15 is 0 Å². The molecule has 0 aromatic heterocycles. The molecule has 0 fully saturated rings. The van der Waals surface area contributed by atoms with Gasteiger partial charge in [-0.15, -0.1) is 11.6 Å². The fraction of sp³-hybridized carbons (Fsp3) is 0.222. The Labute approximate surface area is 140 Å². The predicted molar refractivity (Wildman–Crippen MR) is 89.7 cm³/mol. The molecule has 5 heteroatoms. The number of nitrogens with zero attached hydrogens (tertiary/aromatic N) is 1. The topological polar surface area (TPSA) is 57.6 Å². The zero-order chi connectivity index (χ0) is 16.7. The highest BCUT2D eigenvalue weighted by Gasteiger charge is 2.29. The second-order valence-corrected chi connectivity index (χ2v) is 5.47. The van der Waals surface area contributed by atoms with E-state index in [1.54, 1.807) is 0 Å². The quantitative estimate of drug-likeness (QED) is 0.789. The van der Waals surface area contributed by atoms with Gasteiger partial charge in [-0.3, -0.25) is 9.69 Å². The first-order chi connectivity index (χ1) is 11.1. The molecule has 1 N–H and O–H groups in total. The van der Waals surface area contributed by atoms with E-state index in [0.29, 0.717) is 6.42 Å². The van der Waals surface area contributed by atoms with Gasteiger partial charge in [0.15, 0.2) is 5.78 Å². The molecule has 0 unspecified atom stereocenters. The van der Waals surface area contributed by atoms with Crippen LogP contribution in [-0.2, 0) is 17.8 Å². The number of hydrogen-bond acceptors (Lipinski definition) is 2. The predicted octanol–water partition coefficient (Wildman–Crippen LogP) is 3.59. The van der Waals surface area contributed by atoms with Crippen LogP contribution in [0.5, 0.6) is 0 Å². The lowest BCUT2D eigenvalue weighted by atomic mass is 10.0. The summed E-state index contributed by atoms with van der Waals surface area (Å²) in [5.74, 6) is -0.510. The van der Waals surface area contributed by atoms with E-state index in [9.17, 15) is 14.7 Å². The van der Waals surface area contributed by atoms with Crippen molar-refractivity contribution in [3.63, 3.8) is 0 Å². The summed E-state index contributed by atoms with van der Waals surface area (Å²) in [6, 6.07) is 17.7. The average molecular weight is 332 g/mol. The van der Waals surface area contributed by atoms with E-state index in [1.165, 1.54) is 0 Å². The Bertz CT molecular complexity index is 646. The first kappa shape index (κ1) is 17.0. The van der Waals surface area contributed by atoms with Crippen molar-refractivity contribution < 1.29 is 14.7 Å². The highest BCUT2D eigenvalue weighted by atomic mass is 35.5. The molecule has 0 saturated carbocycles. The summed E-state index contributed by atoms with van der Waals surface area (Å²) in [5.41, 5.74) is 1.73. The summed E-state index contributed by atoms with van der Waals surface area (Å²) in [6.07, 6.45) is -0.820. The van der Waals surface area contributed by atoms with Crippen LogP contribution in [0.3, 0.4) is 0 Å². The van der Waals surface area contributed by atoms with Gasteiger partial charge in [-0.05, 0) is 11.1 Å². The summed E-state index contributed by atoms with van der Waals surface area (Å²) >= 11 is 5.70. The first-order valence-corrected chi connectivity index (χ1v) is 7.81. The maximum atomic E-state index is 12.2. The molecule has 4 nitrogen and oxygen atoms in total. The Morgan fingerprint density at radius 1 is 0.957 bits per heavy atom.